The van der Waals surface area contributed by atoms with Crippen molar-refractivity contribution in [2.24, 2.45) is 18.4 Å². The van der Waals surface area contributed by atoms with E-state index < -0.39 is 5.60 Å². The summed E-state index contributed by atoms with van der Waals surface area (Å²) in [5.74, 6) is 1.21. The third-order valence-electron chi connectivity index (χ3n) is 4.32. The van der Waals surface area contributed by atoms with Crippen LogP contribution in [0.1, 0.15) is 52.3 Å². The van der Waals surface area contributed by atoms with Gasteiger partial charge in [-0.2, -0.15) is 5.10 Å². The van der Waals surface area contributed by atoms with Crippen LogP contribution in [0, 0.1) is 11.3 Å². The van der Waals surface area contributed by atoms with Crippen molar-refractivity contribution in [2.75, 3.05) is 0 Å². The Hall–Kier alpha value is -0.900. The molecule has 4 heteroatoms. The number of hydrogen-bond donors (Lipinski definition) is 1. The monoisotopic (exact) mass is 251 g/mol. The highest BCUT2D eigenvalue weighted by Crippen LogP contribution is 2.45. The van der Waals surface area contributed by atoms with Gasteiger partial charge in [0.05, 0.1) is 5.60 Å². The molecular weight excluding hydrogens is 226 g/mol. The molecule has 2 atom stereocenters. The summed E-state index contributed by atoms with van der Waals surface area (Å²) in [7, 11) is 1.89. The first-order valence-corrected chi connectivity index (χ1v) is 6.88. The molecule has 0 aliphatic heterocycles. The molecule has 1 aliphatic rings. The van der Waals surface area contributed by atoms with Crippen LogP contribution in [0.4, 0.5) is 0 Å². The molecule has 0 amide bonds. The molecule has 18 heavy (non-hydrogen) atoms. The summed E-state index contributed by atoms with van der Waals surface area (Å²) in [5.41, 5.74) is -0.495. The molecule has 0 saturated heterocycles. The minimum atomic E-state index is -0.628. The summed E-state index contributed by atoms with van der Waals surface area (Å²) in [4.78, 5) is 4.26. The maximum absolute atomic E-state index is 11.1. The molecule has 2 unspecified atom stereocenters. The summed E-state index contributed by atoms with van der Waals surface area (Å²) < 4.78 is 1.77. The lowest BCUT2D eigenvalue weighted by molar-refractivity contribution is -0.0904. The van der Waals surface area contributed by atoms with Crippen molar-refractivity contribution in [3.05, 3.63) is 12.2 Å². The third-order valence-corrected chi connectivity index (χ3v) is 4.32. The number of hydrogen-bond acceptors (Lipinski definition) is 3. The first-order chi connectivity index (χ1) is 8.33. The lowest BCUT2D eigenvalue weighted by atomic mass is 9.62. The Morgan fingerprint density at radius 2 is 2.17 bits per heavy atom. The van der Waals surface area contributed by atoms with E-state index in [0.29, 0.717) is 12.3 Å². The summed E-state index contributed by atoms with van der Waals surface area (Å²) in [6.45, 7) is 6.68. The van der Waals surface area contributed by atoms with E-state index in [1.165, 1.54) is 6.42 Å². The van der Waals surface area contributed by atoms with Crippen LogP contribution in [-0.2, 0) is 13.5 Å². The fraction of sp³-hybridized carbons (Fsp3) is 0.857. The highest BCUT2D eigenvalue weighted by atomic mass is 16.3. The maximum Gasteiger partial charge on any atom is 0.138 e. The number of rotatable bonds is 2. The molecule has 0 bridgehead atoms. The molecular formula is C14H25N3O. The standard InChI is InChI=1S/C14H25N3O/c1-13(2,3)11-7-5-6-8-14(11,18)9-12-15-10-16-17(12)4/h10-11,18H,5-9H2,1-4H3. The van der Waals surface area contributed by atoms with Crippen molar-refractivity contribution in [2.45, 2.75) is 58.5 Å². The number of aryl methyl sites for hydroxylation is 1. The molecule has 1 N–H and O–H groups in total. The van der Waals surface area contributed by atoms with Crippen molar-refractivity contribution in [3.8, 4) is 0 Å². The Morgan fingerprint density at radius 3 is 2.72 bits per heavy atom. The van der Waals surface area contributed by atoms with Gasteiger partial charge in [-0.25, -0.2) is 4.98 Å². The lowest BCUT2D eigenvalue weighted by Crippen LogP contribution is -2.48. The molecule has 1 aliphatic carbocycles. The molecule has 0 spiro atoms. The molecule has 2 rings (SSSR count). The molecule has 1 aromatic rings. The van der Waals surface area contributed by atoms with Gasteiger partial charge >= 0.3 is 0 Å². The van der Waals surface area contributed by atoms with Gasteiger partial charge in [-0.1, -0.05) is 33.6 Å². The Labute approximate surface area is 109 Å². The lowest BCUT2D eigenvalue weighted by Gasteiger charge is -2.46. The van der Waals surface area contributed by atoms with E-state index in [2.05, 4.69) is 30.9 Å². The van der Waals surface area contributed by atoms with Crippen molar-refractivity contribution < 1.29 is 5.11 Å². The average molecular weight is 251 g/mol. The summed E-state index contributed by atoms with van der Waals surface area (Å²) in [5, 5.41) is 15.2. The second-order valence-corrected chi connectivity index (χ2v) is 6.74. The van der Waals surface area contributed by atoms with Gasteiger partial charge in [0.15, 0.2) is 0 Å². The first-order valence-electron chi connectivity index (χ1n) is 6.88. The Balaban J connectivity index is 2.23. The van der Waals surface area contributed by atoms with Gasteiger partial charge in [-0.05, 0) is 24.2 Å². The minimum absolute atomic E-state index is 0.133. The van der Waals surface area contributed by atoms with E-state index in [-0.39, 0.29) is 5.41 Å². The molecule has 0 aromatic carbocycles. The topological polar surface area (TPSA) is 50.9 Å². The van der Waals surface area contributed by atoms with Gasteiger partial charge in [-0.3, -0.25) is 4.68 Å². The van der Waals surface area contributed by atoms with Gasteiger partial charge in [0.1, 0.15) is 12.2 Å². The predicted octanol–water partition coefficient (Wildman–Crippen LogP) is 2.33. The van der Waals surface area contributed by atoms with Crippen LogP contribution in [0.2, 0.25) is 0 Å². The summed E-state index contributed by atoms with van der Waals surface area (Å²) in [6, 6.07) is 0. The van der Waals surface area contributed by atoms with Crippen LogP contribution in [0.25, 0.3) is 0 Å². The van der Waals surface area contributed by atoms with Gasteiger partial charge < -0.3 is 5.11 Å². The van der Waals surface area contributed by atoms with Crippen LogP contribution < -0.4 is 0 Å². The molecule has 1 saturated carbocycles. The number of aromatic nitrogens is 3. The SMILES string of the molecule is Cn1ncnc1CC1(O)CCCCC1C(C)(C)C. The average Bonchev–Trinajstić information content (AvgIpc) is 2.62. The highest BCUT2D eigenvalue weighted by molar-refractivity contribution is 5.02. The summed E-state index contributed by atoms with van der Waals surface area (Å²) >= 11 is 0. The van der Waals surface area contributed by atoms with E-state index in [1.807, 2.05) is 7.05 Å². The summed E-state index contributed by atoms with van der Waals surface area (Å²) in [6.07, 6.45) is 6.50. The second kappa shape index (κ2) is 4.65. The maximum atomic E-state index is 11.1. The number of aliphatic hydroxyl groups is 1. The first kappa shape index (κ1) is 13.5. The third kappa shape index (κ3) is 2.58. The second-order valence-electron chi connectivity index (χ2n) is 6.74. The van der Waals surface area contributed by atoms with E-state index in [0.717, 1.165) is 25.1 Å². The van der Waals surface area contributed by atoms with Crippen LogP contribution >= 0.6 is 0 Å². The zero-order valence-corrected chi connectivity index (χ0v) is 12.0. The van der Waals surface area contributed by atoms with E-state index in [1.54, 1.807) is 11.0 Å². The molecule has 0 radical (unpaired) electrons. The zero-order valence-electron chi connectivity index (χ0n) is 12.0. The van der Waals surface area contributed by atoms with Crippen LogP contribution in [0.15, 0.2) is 6.33 Å². The molecule has 102 valence electrons. The van der Waals surface area contributed by atoms with Gasteiger partial charge in [0, 0.05) is 13.5 Å². The Morgan fingerprint density at radius 1 is 1.44 bits per heavy atom. The minimum Gasteiger partial charge on any atom is -0.389 e. The van der Waals surface area contributed by atoms with Gasteiger partial charge in [0.2, 0.25) is 0 Å². The Kier molecular flexibility index (Phi) is 3.49. The fourth-order valence-electron chi connectivity index (χ4n) is 3.43. The Bertz CT molecular complexity index is 407. The van der Waals surface area contributed by atoms with E-state index in [4.69, 9.17) is 0 Å². The quantitative estimate of drug-likeness (QED) is 0.877. The number of nitrogens with zero attached hydrogens (tertiary/aromatic N) is 3. The van der Waals surface area contributed by atoms with Crippen molar-refractivity contribution in [1.29, 1.82) is 0 Å². The molecule has 1 fully saturated rings. The molecule has 1 aromatic heterocycles. The highest BCUT2D eigenvalue weighted by Gasteiger charge is 2.45. The van der Waals surface area contributed by atoms with Crippen LogP contribution in [-0.4, -0.2) is 25.5 Å². The van der Waals surface area contributed by atoms with Crippen LogP contribution in [0.5, 0.6) is 0 Å². The van der Waals surface area contributed by atoms with Gasteiger partial charge in [-0.15, -0.1) is 0 Å². The smallest absolute Gasteiger partial charge is 0.138 e. The van der Waals surface area contributed by atoms with Gasteiger partial charge in [0.25, 0.3) is 0 Å². The molecule has 4 nitrogen and oxygen atoms in total. The van der Waals surface area contributed by atoms with Crippen molar-refractivity contribution >= 4 is 0 Å². The molecule has 1 heterocycles. The predicted molar refractivity (Wildman–Crippen MR) is 71.1 cm³/mol. The largest absolute Gasteiger partial charge is 0.389 e. The van der Waals surface area contributed by atoms with Crippen molar-refractivity contribution in [3.63, 3.8) is 0 Å². The normalized spacial score (nSPS) is 29.5. The van der Waals surface area contributed by atoms with Crippen molar-refractivity contribution in [1.82, 2.24) is 14.8 Å². The van der Waals surface area contributed by atoms with E-state index >= 15 is 0 Å². The van der Waals surface area contributed by atoms with Crippen LogP contribution in [0.3, 0.4) is 0 Å². The van der Waals surface area contributed by atoms with E-state index in [9.17, 15) is 5.11 Å². The zero-order chi connectivity index (χ0) is 13.4. The fourth-order valence-corrected chi connectivity index (χ4v) is 3.43.